The van der Waals surface area contributed by atoms with Crippen LogP contribution >= 0.6 is 0 Å². The average molecular weight is 304 g/mol. The molecule has 3 rings (SSSR count). The topological polar surface area (TPSA) is 79.9 Å². The van der Waals surface area contributed by atoms with Crippen LogP contribution in [-0.2, 0) is 0 Å². The highest BCUT2D eigenvalue weighted by Gasteiger charge is 2.46. The fourth-order valence-corrected chi connectivity index (χ4v) is 3.25. The number of ether oxygens (including phenoxy) is 1. The Morgan fingerprint density at radius 1 is 1.32 bits per heavy atom. The first kappa shape index (κ1) is 15.1. The van der Waals surface area contributed by atoms with Gasteiger partial charge in [-0.3, -0.25) is 0 Å². The van der Waals surface area contributed by atoms with E-state index in [4.69, 9.17) is 9.15 Å². The van der Waals surface area contributed by atoms with Crippen molar-refractivity contribution in [2.45, 2.75) is 51.4 Å². The van der Waals surface area contributed by atoms with Crippen LogP contribution in [0.25, 0.3) is 11.0 Å². The molecule has 0 saturated heterocycles. The molecule has 2 aromatic rings. The molecule has 3 atom stereocenters. The molecule has 1 aliphatic rings. The van der Waals surface area contributed by atoms with Crippen LogP contribution in [0, 0.1) is 6.92 Å². The molecule has 0 fully saturated rings. The zero-order valence-corrected chi connectivity index (χ0v) is 12.9. The van der Waals surface area contributed by atoms with Crippen LogP contribution in [0.5, 0.6) is 5.75 Å². The quantitative estimate of drug-likeness (QED) is 0.833. The Morgan fingerprint density at radius 2 is 2.05 bits per heavy atom. The molecule has 1 unspecified atom stereocenters. The maximum atomic E-state index is 11.7. The highest BCUT2D eigenvalue weighted by atomic mass is 16.5. The Hall–Kier alpha value is -1.85. The fraction of sp³-hybridized carbons (Fsp3) is 0.471. The van der Waals surface area contributed by atoms with Gasteiger partial charge in [-0.2, -0.15) is 0 Å². The van der Waals surface area contributed by atoms with Crippen molar-refractivity contribution >= 4 is 11.0 Å². The van der Waals surface area contributed by atoms with Crippen LogP contribution in [0.1, 0.15) is 43.9 Å². The van der Waals surface area contributed by atoms with E-state index < -0.39 is 23.4 Å². The first-order valence-electron chi connectivity index (χ1n) is 7.50. The van der Waals surface area contributed by atoms with Gasteiger partial charge in [-0.05, 0) is 38.0 Å². The summed E-state index contributed by atoms with van der Waals surface area (Å²) in [5.41, 5.74) is 0.0467. The molecule has 0 radical (unpaired) electrons. The van der Waals surface area contributed by atoms with Gasteiger partial charge in [0.1, 0.15) is 29.1 Å². The van der Waals surface area contributed by atoms with Crippen LogP contribution in [0.3, 0.4) is 0 Å². The van der Waals surface area contributed by atoms with E-state index in [2.05, 4.69) is 0 Å². The molecule has 5 nitrogen and oxygen atoms in total. The summed E-state index contributed by atoms with van der Waals surface area (Å²) in [5, 5.41) is 21.8. The minimum Gasteiger partial charge on any atom is -0.484 e. The molecule has 1 aliphatic heterocycles. The Bertz CT molecular complexity index is 778. The van der Waals surface area contributed by atoms with Crippen LogP contribution in [-0.4, -0.2) is 21.9 Å². The van der Waals surface area contributed by atoms with Gasteiger partial charge >= 0.3 is 5.63 Å². The molecule has 2 N–H and O–H groups in total. The van der Waals surface area contributed by atoms with Gasteiger partial charge in [-0.25, -0.2) is 4.79 Å². The third-order valence-electron chi connectivity index (χ3n) is 4.43. The zero-order chi connectivity index (χ0) is 16.1. The van der Waals surface area contributed by atoms with E-state index >= 15 is 0 Å². The predicted molar refractivity (Wildman–Crippen MR) is 82.1 cm³/mol. The number of aryl methyl sites for hydroxylation is 1. The van der Waals surface area contributed by atoms with Crippen LogP contribution in [0.4, 0.5) is 0 Å². The smallest absolute Gasteiger partial charge is 0.336 e. The summed E-state index contributed by atoms with van der Waals surface area (Å²) in [6.45, 7) is 5.58. The Balaban J connectivity index is 2.26. The fourth-order valence-electron chi connectivity index (χ4n) is 3.25. The molecule has 5 heteroatoms. The first-order chi connectivity index (χ1) is 10.4. The van der Waals surface area contributed by atoms with E-state index in [-0.39, 0.29) is 5.58 Å². The van der Waals surface area contributed by atoms with E-state index in [1.54, 1.807) is 19.9 Å². The van der Waals surface area contributed by atoms with Gasteiger partial charge < -0.3 is 19.4 Å². The summed E-state index contributed by atoms with van der Waals surface area (Å²) in [5.74, 6) is 0.454. The molecule has 2 heterocycles. The highest BCUT2D eigenvalue weighted by Crippen LogP contribution is 2.45. The second-order valence-electron chi connectivity index (χ2n) is 6.16. The number of aliphatic hydroxyl groups is 2. The van der Waals surface area contributed by atoms with Gasteiger partial charge in [0.15, 0.2) is 0 Å². The normalized spacial score (nSPS) is 27.5. The largest absolute Gasteiger partial charge is 0.484 e. The minimum absolute atomic E-state index is 0.285. The van der Waals surface area contributed by atoms with E-state index in [0.29, 0.717) is 17.7 Å². The van der Waals surface area contributed by atoms with Crippen molar-refractivity contribution in [1.82, 2.24) is 0 Å². The molecule has 0 aliphatic carbocycles. The number of benzene rings is 1. The molecule has 1 aromatic heterocycles. The molecule has 0 bridgehead atoms. The molecule has 0 spiro atoms. The van der Waals surface area contributed by atoms with E-state index in [1.165, 1.54) is 6.07 Å². The summed E-state index contributed by atoms with van der Waals surface area (Å²) in [6, 6.07) is 4.97. The molecule has 118 valence electrons. The third kappa shape index (κ3) is 2.12. The average Bonchev–Trinajstić information content (AvgIpc) is 2.44. The lowest BCUT2D eigenvalue weighted by Gasteiger charge is -2.42. The Morgan fingerprint density at radius 3 is 2.73 bits per heavy atom. The van der Waals surface area contributed by atoms with Gasteiger partial charge in [0.25, 0.3) is 0 Å². The first-order valence-corrected chi connectivity index (χ1v) is 7.50. The molecule has 0 amide bonds. The monoisotopic (exact) mass is 304 g/mol. The van der Waals surface area contributed by atoms with Gasteiger partial charge in [0, 0.05) is 11.5 Å². The highest BCUT2D eigenvalue weighted by molar-refractivity contribution is 5.85. The number of aliphatic hydroxyl groups excluding tert-OH is 2. The molecule has 1 aromatic carbocycles. The second kappa shape index (κ2) is 5.11. The number of hydrogen-bond acceptors (Lipinski definition) is 5. The summed E-state index contributed by atoms with van der Waals surface area (Å²) in [7, 11) is 0. The maximum absolute atomic E-state index is 11.7. The third-order valence-corrected chi connectivity index (χ3v) is 4.43. The number of rotatable bonds is 2. The van der Waals surface area contributed by atoms with Crippen molar-refractivity contribution in [3.8, 4) is 5.75 Å². The lowest BCUT2D eigenvalue weighted by molar-refractivity contribution is -0.123. The van der Waals surface area contributed by atoms with Gasteiger partial charge in [-0.15, -0.1) is 0 Å². The van der Waals surface area contributed by atoms with Crippen molar-refractivity contribution in [2.75, 3.05) is 0 Å². The summed E-state index contributed by atoms with van der Waals surface area (Å²) in [6.07, 6.45) is -0.817. The van der Waals surface area contributed by atoms with Crippen LogP contribution in [0.15, 0.2) is 27.4 Å². The van der Waals surface area contributed by atoms with Crippen LogP contribution < -0.4 is 10.4 Å². The lowest BCUT2D eigenvalue weighted by atomic mass is 9.83. The van der Waals surface area contributed by atoms with Crippen molar-refractivity contribution in [3.05, 3.63) is 39.7 Å². The molecular formula is C17H20O5. The minimum atomic E-state index is -1.16. The standard InChI is InChI=1S/C17H20O5/c1-4-7-17(3)16(20)14(19)13-11(22-17)6-5-10-9(2)8-12(18)21-15(10)13/h5-6,8,14,16,19-20H,4,7H2,1-3H3/t14-,16-,17?/m1/s1. The SMILES string of the molecule is CCCC1(C)Oc2ccc3c(C)cc(=O)oc3c2[C@@H](O)[C@H]1O. The molecule has 22 heavy (non-hydrogen) atoms. The van der Waals surface area contributed by atoms with E-state index in [1.807, 2.05) is 13.0 Å². The predicted octanol–water partition coefficient (Wildman–Crippen LogP) is 2.45. The molecule has 0 saturated carbocycles. The van der Waals surface area contributed by atoms with Crippen LogP contribution in [0.2, 0.25) is 0 Å². The number of fused-ring (bicyclic) bond motifs is 3. The Kier molecular flexibility index (Phi) is 3.50. The summed E-state index contributed by atoms with van der Waals surface area (Å²) < 4.78 is 11.2. The van der Waals surface area contributed by atoms with E-state index in [9.17, 15) is 15.0 Å². The van der Waals surface area contributed by atoms with Gasteiger partial charge in [-0.1, -0.05) is 13.3 Å². The molecular weight excluding hydrogens is 284 g/mol. The summed E-state index contributed by atoms with van der Waals surface area (Å²) in [4.78, 5) is 11.7. The summed E-state index contributed by atoms with van der Waals surface area (Å²) >= 11 is 0. The van der Waals surface area contributed by atoms with Crippen molar-refractivity contribution in [3.63, 3.8) is 0 Å². The van der Waals surface area contributed by atoms with Crippen molar-refractivity contribution in [2.24, 2.45) is 0 Å². The van der Waals surface area contributed by atoms with Crippen molar-refractivity contribution in [1.29, 1.82) is 0 Å². The maximum Gasteiger partial charge on any atom is 0.336 e. The van der Waals surface area contributed by atoms with Gasteiger partial charge in [0.2, 0.25) is 0 Å². The van der Waals surface area contributed by atoms with Crippen molar-refractivity contribution < 1.29 is 19.4 Å². The Labute approximate surface area is 128 Å². The lowest BCUT2D eigenvalue weighted by Crippen LogP contribution is -2.51. The zero-order valence-electron chi connectivity index (χ0n) is 12.9. The van der Waals surface area contributed by atoms with E-state index in [0.717, 1.165) is 17.4 Å². The number of hydrogen-bond donors (Lipinski definition) is 2. The second-order valence-corrected chi connectivity index (χ2v) is 6.16. The van der Waals surface area contributed by atoms with Gasteiger partial charge in [0.05, 0.1) is 5.56 Å².